The Labute approximate surface area is 189 Å². The molecule has 1 saturated heterocycles. The Morgan fingerprint density at radius 2 is 1.85 bits per heavy atom. The number of rotatable bonds is 5. The molecule has 0 unspecified atom stereocenters. The summed E-state index contributed by atoms with van der Waals surface area (Å²) in [6, 6.07) is 2.46. The summed E-state index contributed by atoms with van der Waals surface area (Å²) in [5.74, 6) is -9.85. The fraction of sp³-hybridized carbons (Fsp3) is 0.381. The van der Waals surface area contributed by atoms with E-state index in [1.54, 1.807) is 0 Å². The number of ether oxygens (including phenoxy) is 2. The Balaban J connectivity index is 2.10. The van der Waals surface area contributed by atoms with Crippen LogP contribution in [-0.4, -0.2) is 41.8 Å². The minimum atomic E-state index is -4.97. The van der Waals surface area contributed by atoms with E-state index in [1.165, 1.54) is 0 Å². The van der Waals surface area contributed by atoms with Crippen LogP contribution in [-0.2, 0) is 9.53 Å². The number of carbonyl (C=O) groups is 2. The summed E-state index contributed by atoms with van der Waals surface area (Å²) in [5, 5.41) is 2.06. The molecule has 2 heterocycles. The Kier molecular flexibility index (Phi) is 6.53. The van der Waals surface area contributed by atoms with Gasteiger partial charge in [-0.2, -0.15) is 17.6 Å². The van der Waals surface area contributed by atoms with Crippen LogP contribution < -0.4 is 15.8 Å². The van der Waals surface area contributed by atoms with Crippen molar-refractivity contribution in [3.63, 3.8) is 0 Å². The average molecular weight is 491 g/mol. The molecule has 1 aliphatic heterocycles. The maximum atomic E-state index is 14.4. The Bertz CT molecular complexity index is 1140. The highest BCUT2D eigenvalue weighted by Crippen LogP contribution is 2.55. The van der Waals surface area contributed by atoms with E-state index in [0.29, 0.717) is 19.2 Å². The predicted octanol–water partition coefficient (Wildman–Crippen LogP) is 3.68. The molecule has 0 radical (unpaired) electrons. The van der Waals surface area contributed by atoms with Gasteiger partial charge in [0.25, 0.3) is 11.8 Å². The highest BCUT2D eigenvalue weighted by atomic mass is 19.4. The molecule has 1 aromatic heterocycles. The SMILES string of the molecule is COc1c([C@H]2[C@@H](C)[C@](C)(C(F)(F)F)O[C@H]2C(=O)Nc2cc(C(N)=O)ncc2F)ccc(F)c1F. The van der Waals surface area contributed by atoms with E-state index in [0.717, 1.165) is 26.2 Å². The quantitative estimate of drug-likeness (QED) is 0.622. The zero-order chi connectivity index (χ0) is 25.6. The lowest BCUT2D eigenvalue weighted by Crippen LogP contribution is -2.47. The van der Waals surface area contributed by atoms with Crippen LogP contribution in [0.5, 0.6) is 5.75 Å². The molecule has 1 aliphatic rings. The fourth-order valence-corrected chi connectivity index (χ4v) is 3.91. The van der Waals surface area contributed by atoms with Gasteiger partial charge in [0.2, 0.25) is 5.82 Å². The first-order valence-corrected chi connectivity index (χ1v) is 9.75. The zero-order valence-electron chi connectivity index (χ0n) is 18.0. The highest BCUT2D eigenvalue weighted by Gasteiger charge is 2.66. The van der Waals surface area contributed by atoms with Crippen LogP contribution in [0.4, 0.5) is 32.0 Å². The first-order valence-electron chi connectivity index (χ1n) is 9.75. The van der Waals surface area contributed by atoms with Gasteiger partial charge in [0.1, 0.15) is 11.8 Å². The number of aromatic nitrogens is 1. The molecule has 1 aromatic carbocycles. The van der Waals surface area contributed by atoms with Crippen molar-refractivity contribution in [2.24, 2.45) is 11.7 Å². The number of halogens is 6. The molecule has 2 aromatic rings. The van der Waals surface area contributed by atoms with Gasteiger partial charge >= 0.3 is 6.18 Å². The average Bonchev–Trinajstić information content (AvgIpc) is 3.03. The van der Waals surface area contributed by atoms with Gasteiger partial charge in [-0.3, -0.25) is 9.59 Å². The summed E-state index contributed by atoms with van der Waals surface area (Å²) in [4.78, 5) is 27.8. The third-order valence-electron chi connectivity index (χ3n) is 5.94. The number of benzene rings is 1. The van der Waals surface area contributed by atoms with E-state index in [4.69, 9.17) is 15.2 Å². The molecule has 3 rings (SSSR count). The third-order valence-corrected chi connectivity index (χ3v) is 5.94. The number of nitrogens with two attached hydrogens (primary N) is 1. The van der Waals surface area contributed by atoms with Crippen LogP contribution in [0, 0.1) is 23.4 Å². The number of nitrogens with zero attached hydrogens (tertiary/aromatic N) is 1. The molecule has 184 valence electrons. The molecule has 34 heavy (non-hydrogen) atoms. The molecule has 4 atom stereocenters. The molecule has 2 amide bonds. The van der Waals surface area contributed by atoms with Crippen LogP contribution in [0.25, 0.3) is 0 Å². The second kappa shape index (κ2) is 8.78. The van der Waals surface area contributed by atoms with Gasteiger partial charge in [-0.1, -0.05) is 13.0 Å². The summed E-state index contributed by atoms with van der Waals surface area (Å²) in [5.41, 5.74) is 0.923. The van der Waals surface area contributed by atoms with Crippen LogP contribution in [0.15, 0.2) is 24.4 Å². The van der Waals surface area contributed by atoms with Gasteiger partial charge in [-0.05, 0) is 19.1 Å². The predicted molar refractivity (Wildman–Crippen MR) is 105 cm³/mol. The normalized spacial score (nSPS) is 24.7. The number of alkyl halides is 3. The Hall–Kier alpha value is -3.35. The first kappa shape index (κ1) is 25.3. The number of carbonyl (C=O) groups excluding carboxylic acids is 2. The van der Waals surface area contributed by atoms with Crippen molar-refractivity contribution in [2.75, 3.05) is 12.4 Å². The summed E-state index contributed by atoms with van der Waals surface area (Å²) < 4.78 is 94.1. The standard InChI is InChI=1S/C21H19F6N3O4/c1-8-14(9-4-5-10(22)15(24)16(9)33-3)17(34-20(8,2)21(25,26)27)19(32)30-12-6-13(18(28)31)29-7-11(12)23/h4-8,14,17H,1-3H3,(H2,28,31)(H,29,30,32)/t8-,14-,17-,20-/m1/s1. The summed E-state index contributed by atoms with van der Waals surface area (Å²) >= 11 is 0. The van der Waals surface area contributed by atoms with E-state index >= 15 is 0 Å². The topological polar surface area (TPSA) is 104 Å². The van der Waals surface area contributed by atoms with E-state index in [9.17, 15) is 35.9 Å². The maximum absolute atomic E-state index is 14.4. The number of anilines is 1. The van der Waals surface area contributed by atoms with Crippen molar-refractivity contribution in [1.82, 2.24) is 4.98 Å². The summed E-state index contributed by atoms with van der Waals surface area (Å²) in [6.45, 7) is 1.84. The zero-order valence-corrected chi connectivity index (χ0v) is 18.0. The van der Waals surface area contributed by atoms with Crippen LogP contribution >= 0.6 is 0 Å². The van der Waals surface area contributed by atoms with Crippen molar-refractivity contribution in [2.45, 2.75) is 37.6 Å². The largest absolute Gasteiger partial charge is 0.493 e. The molecule has 1 fully saturated rings. The lowest BCUT2D eigenvalue weighted by atomic mass is 9.77. The lowest BCUT2D eigenvalue weighted by molar-refractivity contribution is -0.272. The second-order valence-corrected chi connectivity index (χ2v) is 7.84. The molecular formula is C21H19F6N3O4. The van der Waals surface area contributed by atoms with Crippen molar-refractivity contribution >= 4 is 17.5 Å². The van der Waals surface area contributed by atoms with Gasteiger partial charge in [0.15, 0.2) is 23.0 Å². The minimum Gasteiger partial charge on any atom is -0.493 e. The number of primary amides is 1. The number of nitrogens with one attached hydrogen (secondary N) is 1. The molecule has 3 N–H and O–H groups in total. The maximum Gasteiger partial charge on any atom is 0.417 e. The lowest BCUT2D eigenvalue weighted by Gasteiger charge is -2.32. The van der Waals surface area contributed by atoms with E-state index in [1.807, 2.05) is 0 Å². The monoisotopic (exact) mass is 491 g/mol. The molecule has 7 nitrogen and oxygen atoms in total. The number of hydrogen-bond acceptors (Lipinski definition) is 5. The number of hydrogen-bond donors (Lipinski definition) is 2. The Morgan fingerprint density at radius 1 is 1.21 bits per heavy atom. The van der Waals surface area contributed by atoms with Crippen LogP contribution in [0.3, 0.4) is 0 Å². The van der Waals surface area contributed by atoms with Gasteiger partial charge in [0.05, 0.1) is 19.0 Å². The molecule has 0 saturated carbocycles. The molecule has 0 aliphatic carbocycles. The van der Waals surface area contributed by atoms with Crippen LogP contribution in [0.2, 0.25) is 0 Å². The summed E-state index contributed by atoms with van der Waals surface area (Å²) in [6.07, 6.45) is -6.32. The first-order chi connectivity index (χ1) is 15.7. The second-order valence-electron chi connectivity index (χ2n) is 7.84. The van der Waals surface area contributed by atoms with Crippen molar-refractivity contribution < 1.29 is 45.4 Å². The fourth-order valence-electron chi connectivity index (χ4n) is 3.91. The molecule has 13 heteroatoms. The highest BCUT2D eigenvalue weighted by molar-refractivity contribution is 5.97. The number of amides is 2. The van der Waals surface area contributed by atoms with E-state index in [2.05, 4.69) is 10.3 Å². The minimum absolute atomic E-state index is 0.255. The molecular weight excluding hydrogens is 472 g/mol. The number of methoxy groups -OCH3 is 1. The van der Waals surface area contributed by atoms with Crippen molar-refractivity contribution in [1.29, 1.82) is 0 Å². The van der Waals surface area contributed by atoms with Gasteiger partial charge in [-0.15, -0.1) is 0 Å². The van der Waals surface area contributed by atoms with Crippen molar-refractivity contribution in [3.05, 3.63) is 53.1 Å². The van der Waals surface area contributed by atoms with Crippen molar-refractivity contribution in [3.8, 4) is 5.75 Å². The van der Waals surface area contributed by atoms with Gasteiger partial charge < -0.3 is 20.5 Å². The summed E-state index contributed by atoms with van der Waals surface area (Å²) in [7, 11) is 0.984. The molecule has 0 bridgehead atoms. The van der Waals surface area contributed by atoms with Gasteiger partial charge in [-0.25, -0.2) is 13.8 Å². The number of pyridine rings is 1. The molecule has 0 spiro atoms. The van der Waals surface area contributed by atoms with E-state index in [-0.39, 0.29) is 5.56 Å². The third kappa shape index (κ3) is 4.15. The van der Waals surface area contributed by atoms with E-state index < -0.39 is 76.1 Å². The smallest absolute Gasteiger partial charge is 0.417 e. The van der Waals surface area contributed by atoms with Gasteiger partial charge in [0, 0.05) is 17.4 Å². The van der Waals surface area contributed by atoms with Crippen LogP contribution in [0.1, 0.15) is 35.8 Å². The Morgan fingerprint density at radius 3 is 2.41 bits per heavy atom.